The van der Waals surface area contributed by atoms with Gasteiger partial charge in [0.15, 0.2) is 5.82 Å². The van der Waals surface area contributed by atoms with Crippen LogP contribution in [0.25, 0.3) is 0 Å². The standard InChI is InChI=1S/C22H29NO2.C7H9N3O/c1-2-17-16-20(19(17)12-15-23)25-21(24)22(13-8-3-4-9-14-22)18-10-6-5-7-11-18;1-5-3-8-4-7(9-5)10-6(2)11/h1,5-7,10-11,17,19-20H,3-4,8-9,12-16,23H2;3-4H,1-2H3,(H,9,10,11)/p+1. The molecule has 1 aromatic heterocycles. The highest BCUT2D eigenvalue weighted by Gasteiger charge is 2.47. The molecule has 0 bridgehead atoms. The maximum absolute atomic E-state index is 13.3. The maximum atomic E-state index is 13.3. The number of terminal acetylenes is 1. The van der Waals surface area contributed by atoms with Crippen molar-refractivity contribution in [1.29, 1.82) is 0 Å². The maximum Gasteiger partial charge on any atom is 0.316 e. The average Bonchev–Trinajstić information content (AvgIpc) is 3.12. The van der Waals surface area contributed by atoms with Gasteiger partial charge in [0.1, 0.15) is 6.10 Å². The van der Waals surface area contributed by atoms with Crippen molar-refractivity contribution in [2.75, 3.05) is 11.9 Å². The van der Waals surface area contributed by atoms with Crippen LogP contribution in [0, 0.1) is 31.1 Å². The van der Waals surface area contributed by atoms with E-state index in [4.69, 9.17) is 11.2 Å². The summed E-state index contributed by atoms with van der Waals surface area (Å²) in [7, 11) is 0. The molecule has 2 saturated carbocycles. The Morgan fingerprint density at radius 1 is 1.17 bits per heavy atom. The summed E-state index contributed by atoms with van der Waals surface area (Å²) < 4.78 is 6.07. The summed E-state index contributed by atoms with van der Waals surface area (Å²) in [5, 5.41) is 2.53. The van der Waals surface area contributed by atoms with Crippen molar-refractivity contribution in [2.24, 2.45) is 11.8 Å². The third kappa shape index (κ3) is 6.92. The number of carbonyl (C=O) groups is 2. The fourth-order valence-electron chi connectivity index (χ4n) is 5.27. The number of anilines is 1. The molecule has 2 aliphatic rings. The first-order valence-corrected chi connectivity index (χ1v) is 13.0. The third-order valence-corrected chi connectivity index (χ3v) is 7.22. The number of aromatic nitrogens is 2. The van der Waals surface area contributed by atoms with Crippen LogP contribution in [-0.2, 0) is 19.7 Å². The van der Waals surface area contributed by atoms with E-state index in [1.54, 1.807) is 6.20 Å². The second-order valence-corrected chi connectivity index (χ2v) is 9.85. The predicted octanol–water partition coefficient (Wildman–Crippen LogP) is 3.84. The molecule has 4 rings (SSSR count). The molecular formula is C29H39N4O3+. The summed E-state index contributed by atoms with van der Waals surface area (Å²) in [5.74, 6) is 3.70. The van der Waals surface area contributed by atoms with Gasteiger partial charge in [-0.2, -0.15) is 0 Å². The van der Waals surface area contributed by atoms with Crippen molar-refractivity contribution in [2.45, 2.75) is 76.7 Å². The number of nitrogens with one attached hydrogen (secondary N) is 1. The van der Waals surface area contributed by atoms with Gasteiger partial charge in [-0.25, -0.2) is 4.98 Å². The van der Waals surface area contributed by atoms with Gasteiger partial charge < -0.3 is 15.8 Å². The predicted molar refractivity (Wildman–Crippen MR) is 140 cm³/mol. The van der Waals surface area contributed by atoms with Crippen LogP contribution in [0.1, 0.15) is 69.5 Å². The van der Waals surface area contributed by atoms with Gasteiger partial charge in [-0.05, 0) is 31.7 Å². The van der Waals surface area contributed by atoms with Gasteiger partial charge in [-0.3, -0.25) is 14.6 Å². The Kier molecular flexibility index (Phi) is 10.0. The Hall–Kier alpha value is -3.24. The van der Waals surface area contributed by atoms with E-state index in [1.807, 2.05) is 25.1 Å². The van der Waals surface area contributed by atoms with E-state index < -0.39 is 5.41 Å². The monoisotopic (exact) mass is 491 g/mol. The molecule has 0 saturated heterocycles. The molecule has 1 amide bonds. The first-order chi connectivity index (χ1) is 17.4. The molecule has 7 nitrogen and oxygen atoms in total. The Morgan fingerprint density at radius 3 is 2.44 bits per heavy atom. The van der Waals surface area contributed by atoms with E-state index in [1.165, 1.54) is 26.0 Å². The summed E-state index contributed by atoms with van der Waals surface area (Å²) in [6.45, 7) is 4.09. The average molecular weight is 492 g/mol. The molecule has 3 atom stereocenters. The van der Waals surface area contributed by atoms with Crippen LogP contribution in [0.2, 0.25) is 0 Å². The number of rotatable bonds is 6. The minimum atomic E-state index is -0.478. The lowest BCUT2D eigenvalue weighted by Gasteiger charge is -2.43. The zero-order valence-electron chi connectivity index (χ0n) is 21.5. The molecule has 192 valence electrons. The van der Waals surface area contributed by atoms with Crippen molar-refractivity contribution < 1.29 is 20.1 Å². The van der Waals surface area contributed by atoms with Gasteiger partial charge in [0.25, 0.3) is 0 Å². The van der Waals surface area contributed by atoms with Crippen molar-refractivity contribution in [3.63, 3.8) is 0 Å². The van der Waals surface area contributed by atoms with Crippen LogP contribution < -0.4 is 11.1 Å². The van der Waals surface area contributed by atoms with E-state index in [-0.39, 0.29) is 29.8 Å². The van der Waals surface area contributed by atoms with Crippen LogP contribution >= 0.6 is 0 Å². The van der Waals surface area contributed by atoms with Gasteiger partial charge in [0.2, 0.25) is 5.91 Å². The highest BCUT2D eigenvalue weighted by molar-refractivity contribution is 5.87. The number of quaternary nitrogens is 1. The Bertz CT molecular complexity index is 1040. The van der Waals surface area contributed by atoms with E-state index in [0.29, 0.717) is 5.82 Å². The van der Waals surface area contributed by atoms with E-state index in [9.17, 15) is 9.59 Å². The van der Waals surface area contributed by atoms with Gasteiger partial charge in [0, 0.05) is 31.4 Å². The van der Waals surface area contributed by atoms with E-state index in [0.717, 1.165) is 56.3 Å². The first kappa shape index (κ1) is 27.3. The van der Waals surface area contributed by atoms with Crippen LogP contribution in [0.5, 0.6) is 0 Å². The van der Waals surface area contributed by atoms with E-state index in [2.05, 4.69) is 39.1 Å². The summed E-state index contributed by atoms with van der Waals surface area (Å²) in [6, 6.07) is 10.2. The number of benzene rings is 1. The molecule has 0 aliphatic heterocycles. The van der Waals surface area contributed by atoms with Crippen molar-refractivity contribution in [3.8, 4) is 12.3 Å². The molecule has 0 spiro atoms. The van der Waals surface area contributed by atoms with Crippen LogP contribution in [0.15, 0.2) is 42.7 Å². The van der Waals surface area contributed by atoms with Crippen LogP contribution in [0.3, 0.4) is 0 Å². The van der Waals surface area contributed by atoms with Gasteiger partial charge in [-0.15, -0.1) is 12.3 Å². The molecule has 2 aromatic rings. The first-order valence-electron chi connectivity index (χ1n) is 13.0. The van der Waals surface area contributed by atoms with Crippen molar-refractivity contribution in [1.82, 2.24) is 9.97 Å². The quantitative estimate of drug-likeness (QED) is 0.363. The third-order valence-electron chi connectivity index (χ3n) is 7.22. The number of esters is 1. The number of nitrogens with zero attached hydrogens (tertiary/aromatic N) is 2. The second-order valence-electron chi connectivity index (χ2n) is 9.85. The molecule has 7 heteroatoms. The molecular weight excluding hydrogens is 452 g/mol. The topological polar surface area (TPSA) is 109 Å². The zero-order chi connectivity index (χ0) is 26.0. The largest absolute Gasteiger partial charge is 0.461 e. The zero-order valence-corrected chi connectivity index (χ0v) is 21.5. The molecule has 2 aliphatic carbocycles. The number of aryl methyl sites for hydroxylation is 1. The number of hydrogen-bond acceptors (Lipinski definition) is 5. The van der Waals surface area contributed by atoms with E-state index >= 15 is 0 Å². The number of hydrogen-bond donors (Lipinski definition) is 2. The van der Waals surface area contributed by atoms with Crippen molar-refractivity contribution >= 4 is 17.7 Å². The number of carbonyl (C=O) groups excluding carboxylic acids is 2. The second kappa shape index (κ2) is 13.2. The smallest absolute Gasteiger partial charge is 0.316 e. The Balaban J connectivity index is 0.000000275. The van der Waals surface area contributed by atoms with Crippen molar-refractivity contribution in [3.05, 3.63) is 54.0 Å². The molecule has 1 heterocycles. The summed E-state index contributed by atoms with van der Waals surface area (Å²) in [5.41, 5.74) is 5.37. The summed E-state index contributed by atoms with van der Waals surface area (Å²) >= 11 is 0. The number of ether oxygens (including phenoxy) is 1. The lowest BCUT2D eigenvalue weighted by Crippen LogP contribution is -2.55. The van der Waals surface area contributed by atoms with Gasteiger partial charge in [0.05, 0.1) is 23.9 Å². The number of amides is 1. The van der Waals surface area contributed by atoms with Crippen LogP contribution in [0.4, 0.5) is 5.82 Å². The SMILES string of the molecule is C#CC1CC(OC(=O)C2(c3ccccc3)CCCCCC2)C1CC[NH3+].CC(=O)Nc1cncc(C)n1. The molecule has 3 unspecified atom stereocenters. The minimum absolute atomic E-state index is 0.0286. The lowest BCUT2D eigenvalue weighted by molar-refractivity contribution is -0.372. The summed E-state index contributed by atoms with van der Waals surface area (Å²) in [6.07, 6.45) is 16.8. The fourth-order valence-corrected chi connectivity index (χ4v) is 5.27. The molecule has 0 radical (unpaired) electrons. The van der Waals surface area contributed by atoms with Gasteiger partial charge >= 0.3 is 5.97 Å². The Labute approximate surface area is 214 Å². The fraction of sp³-hybridized carbons (Fsp3) is 0.517. The lowest BCUT2D eigenvalue weighted by atomic mass is 9.69. The van der Waals surface area contributed by atoms with Gasteiger partial charge in [-0.1, -0.05) is 56.0 Å². The molecule has 4 N–H and O–H groups in total. The molecule has 1 aromatic carbocycles. The molecule has 2 fully saturated rings. The van der Waals surface area contributed by atoms with Crippen LogP contribution in [-0.4, -0.2) is 34.5 Å². The highest BCUT2D eigenvalue weighted by Crippen LogP contribution is 2.43. The normalized spacial score (nSPS) is 22.4. The molecule has 36 heavy (non-hydrogen) atoms. The summed E-state index contributed by atoms with van der Waals surface area (Å²) in [4.78, 5) is 31.8. The Morgan fingerprint density at radius 2 is 1.86 bits per heavy atom. The minimum Gasteiger partial charge on any atom is -0.461 e. The highest BCUT2D eigenvalue weighted by atomic mass is 16.5.